The third kappa shape index (κ3) is 3.95. The maximum Gasteiger partial charge on any atom is 0.267 e. The highest BCUT2D eigenvalue weighted by atomic mass is 32.1. The van der Waals surface area contributed by atoms with E-state index in [0.29, 0.717) is 5.13 Å². The van der Waals surface area contributed by atoms with Crippen LogP contribution in [0.5, 0.6) is 0 Å². The van der Waals surface area contributed by atoms with Crippen LogP contribution in [0.4, 0.5) is 10.9 Å². The Balaban J connectivity index is 1.70. The van der Waals surface area contributed by atoms with Gasteiger partial charge in [0.05, 0.1) is 0 Å². The molecular weight excluding hydrogens is 314 g/mol. The molecule has 1 aliphatic rings. The predicted octanol–water partition coefficient (Wildman–Crippen LogP) is 1.57. The SMILES string of the molecule is CC1CCN(c2ccc(=O)n(CC(=O)Nc3nccs3)n2)CC1. The Kier molecular flexibility index (Phi) is 4.71. The average Bonchev–Trinajstić information content (AvgIpc) is 3.03. The molecule has 1 aliphatic heterocycles. The molecule has 0 atom stereocenters. The van der Waals surface area contributed by atoms with E-state index in [1.807, 2.05) is 0 Å². The largest absolute Gasteiger partial charge is 0.355 e. The molecule has 8 heteroatoms. The van der Waals surface area contributed by atoms with E-state index in [1.54, 1.807) is 17.6 Å². The number of hydrogen-bond donors (Lipinski definition) is 1. The lowest BCUT2D eigenvalue weighted by Gasteiger charge is -2.31. The summed E-state index contributed by atoms with van der Waals surface area (Å²) in [6.07, 6.45) is 3.85. The molecule has 2 aromatic rings. The van der Waals surface area contributed by atoms with Gasteiger partial charge in [0.2, 0.25) is 5.91 Å². The van der Waals surface area contributed by atoms with E-state index in [1.165, 1.54) is 22.1 Å². The van der Waals surface area contributed by atoms with Crippen LogP contribution in [-0.2, 0) is 11.3 Å². The van der Waals surface area contributed by atoms with E-state index >= 15 is 0 Å². The molecule has 7 nitrogen and oxygen atoms in total. The summed E-state index contributed by atoms with van der Waals surface area (Å²) in [5, 5.41) is 9.29. The van der Waals surface area contributed by atoms with E-state index in [9.17, 15) is 9.59 Å². The maximum atomic E-state index is 12.0. The molecule has 0 radical (unpaired) electrons. The molecule has 1 N–H and O–H groups in total. The lowest BCUT2D eigenvalue weighted by atomic mass is 9.99. The number of aromatic nitrogens is 3. The van der Waals surface area contributed by atoms with Crippen LogP contribution in [0.15, 0.2) is 28.5 Å². The second-order valence-corrected chi connectivity index (χ2v) is 6.64. The minimum absolute atomic E-state index is 0.115. The van der Waals surface area contributed by atoms with E-state index in [0.717, 1.165) is 37.7 Å². The Hall–Kier alpha value is -2.22. The number of carbonyl (C=O) groups is 1. The van der Waals surface area contributed by atoms with Gasteiger partial charge in [0.15, 0.2) is 5.13 Å². The van der Waals surface area contributed by atoms with E-state index in [-0.39, 0.29) is 18.0 Å². The summed E-state index contributed by atoms with van der Waals surface area (Å²) < 4.78 is 1.20. The highest BCUT2D eigenvalue weighted by Crippen LogP contribution is 2.20. The molecule has 1 fully saturated rings. The number of hydrogen-bond acceptors (Lipinski definition) is 6. The Morgan fingerprint density at radius 1 is 1.39 bits per heavy atom. The van der Waals surface area contributed by atoms with Gasteiger partial charge in [0.25, 0.3) is 5.56 Å². The Morgan fingerprint density at radius 3 is 2.87 bits per heavy atom. The van der Waals surface area contributed by atoms with Gasteiger partial charge in [-0.15, -0.1) is 11.3 Å². The third-order valence-electron chi connectivity index (χ3n) is 3.93. The quantitative estimate of drug-likeness (QED) is 0.919. The van der Waals surface area contributed by atoms with Crippen LogP contribution in [0.1, 0.15) is 19.8 Å². The summed E-state index contributed by atoms with van der Waals surface area (Å²) >= 11 is 1.33. The second-order valence-electron chi connectivity index (χ2n) is 5.74. The fraction of sp³-hybridized carbons (Fsp3) is 0.467. The summed E-state index contributed by atoms with van der Waals surface area (Å²) in [6, 6.07) is 3.20. The molecule has 0 aromatic carbocycles. The summed E-state index contributed by atoms with van der Waals surface area (Å²) in [5.74, 6) is 1.17. The van der Waals surface area contributed by atoms with Crippen molar-refractivity contribution in [3.8, 4) is 0 Å². The van der Waals surface area contributed by atoms with Gasteiger partial charge in [0.1, 0.15) is 12.4 Å². The number of carbonyl (C=O) groups excluding carboxylic acids is 1. The second kappa shape index (κ2) is 6.91. The first kappa shape index (κ1) is 15.7. The smallest absolute Gasteiger partial charge is 0.267 e. The van der Waals surface area contributed by atoms with Crippen LogP contribution < -0.4 is 15.8 Å². The van der Waals surface area contributed by atoms with Gasteiger partial charge < -0.3 is 10.2 Å². The minimum Gasteiger partial charge on any atom is -0.355 e. The lowest BCUT2D eigenvalue weighted by molar-refractivity contribution is -0.117. The standard InChI is InChI=1S/C15H19N5O2S/c1-11-4-7-19(8-5-11)12-2-3-14(22)20(18-12)10-13(21)17-15-16-6-9-23-15/h2-3,6,9,11H,4-5,7-8,10H2,1H3,(H,16,17,21). The van der Waals surface area contributed by atoms with Gasteiger partial charge >= 0.3 is 0 Å². The molecule has 23 heavy (non-hydrogen) atoms. The van der Waals surface area contributed by atoms with E-state index in [2.05, 4.69) is 27.2 Å². The van der Waals surface area contributed by atoms with Crippen LogP contribution in [0.3, 0.4) is 0 Å². The highest BCUT2D eigenvalue weighted by Gasteiger charge is 2.18. The number of nitrogens with zero attached hydrogens (tertiary/aromatic N) is 4. The zero-order valence-electron chi connectivity index (χ0n) is 12.9. The van der Waals surface area contributed by atoms with Crippen molar-refractivity contribution < 1.29 is 4.79 Å². The fourth-order valence-electron chi connectivity index (χ4n) is 2.54. The molecule has 3 heterocycles. The first-order valence-electron chi connectivity index (χ1n) is 7.64. The Bertz CT molecular complexity index is 720. The zero-order chi connectivity index (χ0) is 16.2. The van der Waals surface area contributed by atoms with Crippen molar-refractivity contribution in [2.24, 2.45) is 5.92 Å². The Labute approximate surface area is 138 Å². The van der Waals surface area contributed by atoms with E-state index < -0.39 is 0 Å². The molecule has 1 amide bonds. The normalized spacial score (nSPS) is 15.6. The average molecular weight is 333 g/mol. The van der Waals surface area contributed by atoms with Gasteiger partial charge in [-0.3, -0.25) is 9.59 Å². The van der Waals surface area contributed by atoms with Crippen LogP contribution in [0.25, 0.3) is 0 Å². The summed E-state index contributed by atoms with van der Waals surface area (Å²) in [6.45, 7) is 3.99. The highest BCUT2D eigenvalue weighted by molar-refractivity contribution is 7.13. The summed E-state index contributed by atoms with van der Waals surface area (Å²) in [5.41, 5.74) is -0.284. The van der Waals surface area contributed by atoms with Crippen LogP contribution in [0.2, 0.25) is 0 Å². The topological polar surface area (TPSA) is 80.1 Å². The van der Waals surface area contributed by atoms with Gasteiger partial charge in [-0.25, -0.2) is 9.67 Å². The molecule has 122 valence electrons. The van der Waals surface area contributed by atoms with Crippen molar-refractivity contribution in [1.82, 2.24) is 14.8 Å². The van der Waals surface area contributed by atoms with Crippen molar-refractivity contribution in [2.75, 3.05) is 23.3 Å². The summed E-state index contributed by atoms with van der Waals surface area (Å²) in [4.78, 5) is 30.1. The van der Waals surface area contributed by atoms with Gasteiger partial charge in [-0.2, -0.15) is 5.10 Å². The van der Waals surface area contributed by atoms with Crippen molar-refractivity contribution in [2.45, 2.75) is 26.3 Å². The number of thiazole rings is 1. The third-order valence-corrected chi connectivity index (χ3v) is 4.62. The number of amides is 1. The van der Waals surface area contributed by atoms with Crippen molar-refractivity contribution in [3.63, 3.8) is 0 Å². The summed E-state index contributed by atoms with van der Waals surface area (Å²) in [7, 11) is 0. The van der Waals surface area contributed by atoms with Gasteiger partial charge in [-0.1, -0.05) is 6.92 Å². The van der Waals surface area contributed by atoms with Crippen molar-refractivity contribution >= 4 is 28.2 Å². The Morgan fingerprint density at radius 2 is 2.17 bits per heavy atom. The molecule has 0 saturated carbocycles. The molecule has 0 unspecified atom stereocenters. The fourth-order valence-corrected chi connectivity index (χ4v) is 3.08. The maximum absolute atomic E-state index is 12.0. The van der Waals surface area contributed by atoms with E-state index in [4.69, 9.17) is 0 Å². The molecule has 0 spiro atoms. The molecular formula is C15H19N5O2S. The van der Waals surface area contributed by atoms with Crippen molar-refractivity contribution in [3.05, 3.63) is 34.1 Å². The molecule has 0 bridgehead atoms. The number of anilines is 2. The van der Waals surface area contributed by atoms with Gasteiger partial charge in [-0.05, 0) is 24.8 Å². The molecule has 3 rings (SSSR count). The number of nitrogens with one attached hydrogen (secondary N) is 1. The molecule has 0 aliphatic carbocycles. The molecule has 2 aromatic heterocycles. The number of rotatable bonds is 4. The van der Waals surface area contributed by atoms with Gasteiger partial charge in [0, 0.05) is 30.7 Å². The monoisotopic (exact) mass is 333 g/mol. The predicted molar refractivity (Wildman–Crippen MR) is 89.9 cm³/mol. The van der Waals surface area contributed by atoms with Crippen LogP contribution in [-0.4, -0.2) is 33.8 Å². The van der Waals surface area contributed by atoms with Crippen molar-refractivity contribution in [1.29, 1.82) is 0 Å². The van der Waals surface area contributed by atoms with Crippen LogP contribution >= 0.6 is 11.3 Å². The molecule has 1 saturated heterocycles. The zero-order valence-corrected chi connectivity index (χ0v) is 13.8. The first-order valence-corrected chi connectivity index (χ1v) is 8.52. The van der Waals surface area contributed by atoms with Crippen LogP contribution in [0, 0.1) is 5.92 Å². The number of piperidine rings is 1. The lowest BCUT2D eigenvalue weighted by Crippen LogP contribution is -2.36. The minimum atomic E-state index is -0.307. The first-order chi connectivity index (χ1) is 11.1.